The summed E-state index contributed by atoms with van der Waals surface area (Å²) >= 11 is 3.35. The van der Waals surface area contributed by atoms with Gasteiger partial charge in [0.1, 0.15) is 18.1 Å². The third-order valence-corrected chi connectivity index (χ3v) is 5.89. The van der Waals surface area contributed by atoms with Gasteiger partial charge in [-0.1, -0.05) is 52.3 Å². The second kappa shape index (κ2) is 10.5. The predicted octanol–water partition coefficient (Wildman–Crippen LogP) is 8.06. The Morgan fingerprint density at radius 3 is 1.56 bits per heavy atom. The Hall–Kier alpha value is -3.64. The van der Waals surface area contributed by atoms with Crippen molar-refractivity contribution in [2.45, 2.75) is 6.54 Å². The fraction of sp³-hybridized carbons (Fsp3) is 0.143. The van der Waals surface area contributed by atoms with Crippen molar-refractivity contribution in [3.8, 4) is 11.5 Å². The summed E-state index contributed by atoms with van der Waals surface area (Å²) in [4.78, 5) is 0. The summed E-state index contributed by atoms with van der Waals surface area (Å²) < 4.78 is 13.9. The van der Waals surface area contributed by atoms with Gasteiger partial charge in [0, 0.05) is 27.1 Å². The van der Waals surface area contributed by atoms with Gasteiger partial charge in [-0.05, 0) is 60.7 Å². The fourth-order valence-corrected chi connectivity index (χ4v) is 4.15. The maximum absolute atomic E-state index is 6.03. The molecular formula is C28H24BrN3O2. The van der Waals surface area contributed by atoms with Gasteiger partial charge < -0.3 is 14.0 Å². The lowest BCUT2D eigenvalue weighted by atomic mass is 10.2. The van der Waals surface area contributed by atoms with Crippen LogP contribution in [0, 0.1) is 0 Å². The molecular weight excluding hydrogens is 490 g/mol. The molecule has 0 spiro atoms. The molecule has 170 valence electrons. The van der Waals surface area contributed by atoms with Gasteiger partial charge >= 0.3 is 0 Å². The van der Waals surface area contributed by atoms with E-state index in [2.05, 4.69) is 79.3 Å². The number of benzene rings is 4. The van der Waals surface area contributed by atoms with E-state index in [0.717, 1.165) is 34.7 Å². The van der Waals surface area contributed by atoms with Crippen LogP contribution in [0.5, 0.6) is 11.5 Å². The molecule has 0 atom stereocenters. The lowest BCUT2D eigenvalue weighted by Crippen LogP contribution is -2.07. The summed E-state index contributed by atoms with van der Waals surface area (Å²) in [6.45, 7) is 1.98. The predicted molar refractivity (Wildman–Crippen MR) is 141 cm³/mol. The van der Waals surface area contributed by atoms with Gasteiger partial charge in [-0.3, -0.25) is 0 Å². The fourth-order valence-electron chi connectivity index (χ4n) is 3.99. The zero-order valence-electron chi connectivity index (χ0n) is 18.6. The van der Waals surface area contributed by atoms with Gasteiger partial charge in [-0.25, -0.2) is 0 Å². The lowest BCUT2D eigenvalue weighted by Gasteiger charge is -2.10. The van der Waals surface area contributed by atoms with Crippen LogP contribution in [0.4, 0.5) is 11.4 Å². The maximum atomic E-state index is 6.03. The monoisotopic (exact) mass is 513 g/mol. The minimum atomic E-state index is 0.576. The number of halogens is 1. The summed E-state index contributed by atoms with van der Waals surface area (Å²) in [6.07, 6.45) is 0. The summed E-state index contributed by atoms with van der Waals surface area (Å²) in [5.74, 6) is 1.63. The van der Waals surface area contributed by atoms with Crippen LogP contribution in [-0.4, -0.2) is 23.1 Å². The molecule has 0 aliphatic carbocycles. The van der Waals surface area contributed by atoms with Crippen LogP contribution in [0.2, 0.25) is 0 Å². The number of hydrogen-bond donors (Lipinski definition) is 0. The van der Waals surface area contributed by atoms with Crippen molar-refractivity contribution in [1.82, 2.24) is 4.57 Å². The Morgan fingerprint density at radius 2 is 1.06 bits per heavy atom. The van der Waals surface area contributed by atoms with E-state index in [-0.39, 0.29) is 0 Å². The molecule has 4 aromatic carbocycles. The Kier molecular flexibility index (Phi) is 6.86. The summed E-state index contributed by atoms with van der Waals surface area (Å²) in [7, 11) is 0. The van der Waals surface area contributed by atoms with Gasteiger partial charge in [0.15, 0.2) is 0 Å². The number of rotatable bonds is 9. The maximum Gasteiger partial charge on any atom is 0.119 e. The number of aromatic nitrogens is 1. The third-order valence-electron chi connectivity index (χ3n) is 5.56. The van der Waals surface area contributed by atoms with Crippen molar-refractivity contribution in [3.05, 3.63) is 97.1 Å². The van der Waals surface area contributed by atoms with Crippen molar-refractivity contribution in [2.24, 2.45) is 10.2 Å². The molecule has 6 heteroatoms. The molecule has 0 unspecified atom stereocenters. The second-order valence-electron chi connectivity index (χ2n) is 7.76. The van der Waals surface area contributed by atoms with Gasteiger partial charge in [0.05, 0.1) is 24.5 Å². The van der Waals surface area contributed by atoms with Gasteiger partial charge in [-0.2, -0.15) is 10.2 Å². The highest BCUT2D eigenvalue weighted by Crippen LogP contribution is 2.29. The first kappa shape index (κ1) is 22.2. The van der Waals surface area contributed by atoms with Crippen LogP contribution in [0.25, 0.3) is 21.8 Å². The Balaban J connectivity index is 1.20. The molecule has 5 nitrogen and oxygen atoms in total. The second-order valence-corrected chi connectivity index (χ2v) is 8.55. The topological polar surface area (TPSA) is 48.1 Å². The van der Waals surface area contributed by atoms with Crippen LogP contribution in [0.3, 0.4) is 0 Å². The molecule has 0 radical (unpaired) electrons. The number of para-hydroxylation sites is 2. The van der Waals surface area contributed by atoms with Gasteiger partial charge in [0.25, 0.3) is 0 Å². The SMILES string of the molecule is BrCCOc1ccc(N=Nc2ccc(OCCn3c4ccccc4c4ccccc43)cc2)cc1. The Morgan fingerprint density at radius 1 is 0.588 bits per heavy atom. The molecule has 0 saturated carbocycles. The first-order valence-corrected chi connectivity index (χ1v) is 12.3. The van der Waals surface area contributed by atoms with Crippen LogP contribution >= 0.6 is 15.9 Å². The summed E-state index contributed by atoms with van der Waals surface area (Å²) in [6, 6.07) is 32.3. The molecule has 0 N–H and O–H groups in total. The van der Waals surface area contributed by atoms with Gasteiger partial charge in [-0.15, -0.1) is 0 Å². The van der Waals surface area contributed by atoms with Crippen molar-refractivity contribution in [2.75, 3.05) is 18.5 Å². The number of azo groups is 1. The zero-order chi connectivity index (χ0) is 23.2. The number of hydrogen-bond acceptors (Lipinski definition) is 4. The van der Waals surface area contributed by atoms with E-state index in [0.29, 0.717) is 13.2 Å². The summed E-state index contributed by atoms with van der Waals surface area (Å²) in [5, 5.41) is 12.0. The molecule has 0 aliphatic rings. The molecule has 34 heavy (non-hydrogen) atoms. The first-order chi connectivity index (χ1) is 16.8. The zero-order valence-corrected chi connectivity index (χ0v) is 20.2. The van der Waals surface area contributed by atoms with E-state index in [9.17, 15) is 0 Å². The largest absolute Gasteiger partial charge is 0.493 e. The molecule has 1 aromatic heterocycles. The number of ether oxygens (including phenoxy) is 2. The first-order valence-electron chi connectivity index (χ1n) is 11.2. The van der Waals surface area contributed by atoms with Crippen molar-refractivity contribution >= 4 is 49.1 Å². The van der Waals surface area contributed by atoms with E-state index in [1.54, 1.807) is 0 Å². The molecule has 1 heterocycles. The van der Waals surface area contributed by atoms with Gasteiger partial charge in [0.2, 0.25) is 0 Å². The molecule has 0 aliphatic heterocycles. The Labute approximate surface area is 206 Å². The van der Waals surface area contributed by atoms with E-state index in [4.69, 9.17) is 9.47 Å². The molecule has 0 saturated heterocycles. The van der Waals surface area contributed by atoms with Crippen LogP contribution in [0.1, 0.15) is 0 Å². The van der Waals surface area contributed by atoms with E-state index in [1.807, 2.05) is 48.5 Å². The smallest absolute Gasteiger partial charge is 0.119 e. The normalized spacial score (nSPS) is 11.4. The molecule has 5 rings (SSSR count). The molecule has 0 fully saturated rings. The minimum Gasteiger partial charge on any atom is -0.493 e. The van der Waals surface area contributed by atoms with Crippen molar-refractivity contribution < 1.29 is 9.47 Å². The standard InChI is InChI=1S/C28H24BrN3O2/c29-17-19-33-23-13-9-21(10-14-23)30-31-22-11-15-24(16-12-22)34-20-18-32-27-7-3-1-5-25(27)26-6-2-4-8-28(26)32/h1-16H,17-20H2. The molecule has 0 bridgehead atoms. The third kappa shape index (κ3) is 4.97. The average Bonchev–Trinajstić information content (AvgIpc) is 3.21. The minimum absolute atomic E-state index is 0.576. The number of nitrogens with zero attached hydrogens (tertiary/aromatic N) is 3. The lowest BCUT2D eigenvalue weighted by molar-refractivity contribution is 0.302. The Bertz CT molecular complexity index is 1360. The summed E-state index contributed by atoms with van der Waals surface area (Å²) in [5.41, 5.74) is 4.00. The highest BCUT2D eigenvalue weighted by molar-refractivity contribution is 9.09. The highest BCUT2D eigenvalue weighted by Gasteiger charge is 2.09. The van der Waals surface area contributed by atoms with E-state index in [1.165, 1.54) is 21.8 Å². The highest BCUT2D eigenvalue weighted by atomic mass is 79.9. The molecule has 0 amide bonds. The van der Waals surface area contributed by atoms with Crippen molar-refractivity contribution in [3.63, 3.8) is 0 Å². The van der Waals surface area contributed by atoms with Crippen LogP contribution in [0.15, 0.2) is 107 Å². The number of alkyl halides is 1. The molecule has 5 aromatic rings. The number of fused-ring (bicyclic) bond motifs is 3. The van der Waals surface area contributed by atoms with E-state index < -0.39 is 0 Å². The van der Waals surface area contributed by atoms with E-state index >= 15 is 0 Å². The average molecular weight is 514 g/mol. The van der Waals surface area contributed by atoms with Crippen LogP contribution in [-0.2, 0) is 6.54 Å². The van der Waals surface area contributed by atoms with Crippen LogP contribution < -0.4 is 9.47 Å². The van der Waals surface area contributed by atoms with Crippen molar-refractivity contribution in [1.29, 1.82) is 0 Å². The quantitative estimate of drug-likeness (QED) is 0.148.